The third kappa shape index (κ3) is 2.64. The smallest absolute Gasteiger partial charge is 0.433 e. The van der Waals surface area contributed by atoms with Gasteiger partial charge in [0.2, 0.25) is 0 Å². The van der Waals surface area contributed by atoms with E-state index < -0.39 is 22.7 Å². The molecule has 1 heterocycles. The number of furan rings is 1. The highest BCUT2D eigenvalue weighted by Gasteiger charge is 2.18. The summed E-state index contributed by atoms with van der Waals surface area (Å²) in [6.07, 6.45) is 0. The van der Waals surface area contributed by atoms with E-state index in [1.165, 1.54) is 24.3 Å². The van der Waals surface area contributed by atoms with Crippen LogP contribution < -0.4 is 10.4 Å². The van der Waals surface area contributed by atoms with Gasteiger partial charge in [-0.15, -0.1) is 0 Å². The van der Waals surface area contributed by atoms with E-state index in [4.69, 9.17) is 4.42 Å². The SMILES string of the molecule is O=C(Nc1ccccc1C(=O)[O-])c1ccc([N+](=O)[O-])o1. The molecule has 102 valence electrons. The lowest BCUT2D eigenvalue weighted by atomic mass is 10.2. The van der Waals surface area contributed by atoms with Crippen LogP contribution >= 0.6 is 0 Å². The Labute approximate surface area is 111 Å². The van der Waals surface area contributed by atoms with Gasteiger partial charge in [0, 0.05) is 5.56 Å². The molecule has 0 unspecified atom stereocenters. The first-order valence-electron chi connectivity index (χ1n) is 5.35. The van der Waals surface area contributed by atoms with Crippen LogP contribution in [0.5, 0.6) is 0 Å². The van der Waals surface area contributed by atoms with Crippen LogP contribution in [0.15, 0.2) is 40.8 Å². The Bertz CT molecular complexity index is 691. The molecule has 0 fully saturated rings. The molecule has 2 rings (SSSR count). The van der Waals surface area contributed by atoms with E-state index in [9.17, 15) is 24.8 Å². The fraction of sp³-hybridized carbons (Fsp3) is 0. The zero-order valence-electron chi connectivity index (χ0n) is 9.86. The highest BCUT2D eigenvalue weighted by atomic mass is 16.6. The third-order valence-corrected chi connectivity index (χ3v) is 2.39. The van der Waals surface area contributed by atoms with Crippen molar-refractivity contribution in [2.45, 2.75) is 0 Å². The molecular weight excluding hydrogens is 268 g/mol. The molecule has 1 amide bonds. The minimum Gasteiger partial charge on any atom is -0.545 e. The number of para-hydroxylation sites is 1. The van der Waals surface area contributed by atoms with Crippen LogP contribution in [0.25, 0.3) is 0 Å². The monoisotopic (exact) mass is 275 g/mol. The molecule has 0 aliphatic heterocycles. The van der Waals surface area contributed by atoms with Gasteiger partial charge in [0.1, 0.15) is 4.92 Å². The van der Waals surface area contributed by atoms with Crippen molar-refractivity contribution in [1.82, 2.24) is 0 Å². The van der Waals surface area contributed by atoms with Gasteiger partial charge in [0.05, 0.1) is 17.7 Å². The first kappa shape index (κ1) is 13.3. The van der Waals surface area contributed by atoms with Gasteiger partial charge >= 0.3 is 5.88 Å². The van der Waals surface area contributed by atoms with Gasteiger partial charge in [-0.2, -0.15) is 0 Å². The van der Waals surface area contributed by atoms with Crippen molar-refractivity contribution < 1.29 is 24.0 Å². The van der Waals surface area contributed by atoms with Crippen molar-refractivity contribution in [2.24, 2.45) is 0 Å². The summed E-state index contributed by atoms with van der Waals surface area (Å²) in [5, 5.41) is 23.6. The summed E-state index contributed by atoms with van der Waals surface area (Å²) in [5.74, 6) is -3.13. The van der Waals surface area contributed by atoms with Crippen LogP contribution in [-0.2, 0) is 0 Å². The van der Waals surface area contributed by atoms with Crippen molar-refractivity contribution in [1.29, 1.82) is 0 Å². The summed E-state index contributed by atoms with van der Waals surface area (Å²) in [4.78, 5) is 32.3. The largest absolute Gasteiger partial charge is 0.545 e. The van der Waals surface area contributed by atoms with Crippen molar-refractivity contribution in [3.63, 3.8) is 0 Å². The molecule has 1 aromatic carbocycles. The molecule has 0 bridgehead atoms. The zero-order valence-corrected chi connectivity index (χ0v) is 9.86. The standard InChI is InChI=1S/C12H8N2O6/c15-11(9-5-6-10(20-9)14(18)19)13-8-4-2-1-3-7(8)12(16)17/h1-6H,(H,13,15)(H,16,17)/p-1. The second kappa shape index (κ2) is 5.22. The Morgan fingerprint density at radius 2 is 1.85 bits per heavy atom. The second-order valence-electron chi connectivity index (χ2n) is 3.68. The summed E-state index contributed by atoms with van der Waals surface area (Å²) in [6.45, 7) is 0. The fourth-order valence-corrected chi connectivity index (χ4v) is 1.50. The van der Waals surface area contributed by atoms with Crippen molar-refractivity contribution in [3.8, 4) is 0 Å². The molecule has 0 atom stereocenters. The van der Waals surface area contributed by atoms with Gasteiger partial charge in [0.15, 0.2) is 5.76 Å². The zero-order chi connectivity index (χ0) is 14.7. The van der Waals surface area contributed by atoms with Gasteiger partial charge in [-0.1, -0.05) is 18.2 Å². The number of hydrogen-bond acceptors (Lipinski definition) is 6. The Morgan fingerprint density at radius 1 is 1.15 bits per heavy atom. The second-order valence-corrected chi connectivity index (χ2v) is 3.68. The van der Waals surface area contributed by atoms with Crippen LogP contribution in [-0.4, -0.2) is 16.8 Å². The number of nitro groups is 1. The average Bonchev–Trinajstić information content (AvgIpc) is 2.89. The number of amides is 1. The Morgan fingerprint density at radius 3 is 2.45 bits per heavy atom. The summed E-state index contributed by atoms with van der Waals surface area (Å²) in [7, 11) is 0. The molecular formula is C12H7N2O6-. The van der Waals surface area contributed by atoms with Crippen molar-refractivity contribution >= 4 is 23.4 Å². The first-order chi connectivity index (χ1) is 9.49. The molecule has 0 saturated heterocycles. The van der Waals surface area contributed by atoms with Crippen LogP contribution in [0, 0.1) is 10.1 Å². The first-order valence-corrected chi connectivity index (χ1v) is 5.35. The maximum Gasteiger partial charge on any atom is 0.433 e. The van der Waals surface area contributed by atoms with Crippen LogP contribution in [0.3, 0.4) is 0 Å². The third-order valence-electron chi connectivity index (χ3n) is 2.39. The Kier molecular flexibility index (Phi) is 3.47. The highest BCUT2D eigenvalue weighted by Crippen LogP contribution is 2.19. The van der Waals surface area contributed by atoms with Gasteiger partial charge in [0.25, 0.3) is 5.91 Å². The number of carbonyl (C=O) groups is 2. The minimum absolute atomic E-state index is 0.0107. The summed E-state index contributed by atoms with van der Waals surface area (Å²) < 4.78 is 4.71. The minimum atomic E-state index is -1.45. The van der Waals surface area contributed by atoms with Gasteiger partial charge in [-0.3, -0.25) is 14.9 Å². The van der Waals surface area contributed by atoms with E-state index in [-0.39, 0.29) is 17.0 Å². The molecule has 0 spiro atoms. The van der Waals surface area contributed by atoms with Gasteiger partial charge < -0.3 is 19.6 Å². The van der Waals surface area contributed by atoms with Crippen LogP contribution in [0.2, 0.25) is 0 Å². The maximum atomic E-state index is 11.8. The normalized spacial score (nSPS) is 10.0. The Balaban J connectivity index is 2.23. The van der Waals surface area contributed by atoms with Crippen LogP contribution in [0.1, 0.15) is 20.9 Å². The Hall–Kier alpha value is -3.16. The number of carboxylic acids is 1. The highest BCUT2D eigenvalue weighted by molar-refractivity contribution is 6.06. The number of anilines is 1. The van der Waals surface area contributed by atoms with Crippen molar-refractivity contribution in [2.75, 3.05) is 5.32 Å². The number of nitrogens with one attached hydrogen (secondary N) is 1. The van der Waals surface area contributed by atoms with E-state index in [1.54, 1.807) is 0 Å². The average molecular weight is 275 g/mol. The quantitative estimate of drug-likeness (QED) is 0.649. The number of hydrogen-bond donors (Lipinski definition) is 1. The lowest BCUT2D eigenvalue weighted by Crippen LogP contribution is -2.24. The summed E-state index contributed by atoms with van der Waals surface area (Å²) in [6, 6.07) is 7.76. The van der Waals surface area contributed by atoms with Gasteiger partial charge in [-0.05, 0) is 12.1 Å². The lowest BCUT2D eigenvalue weighted by molar-refractivity contribution is -0.402. The molecule has 1 N–H and O–H groups in total. The summed E-state index contributed by atoms with van der Waals surface area (Å²) in [5.41, 5.74) is -0.196. The molecule has 0 saturated carbocycles. The van der Waals surface area contributed by atoms with E-state index in [0.29, 0.717) is 0 Å². The maximum absolute atomic E-state index is 11.8. The molecule has 1 aromatic heterocycles. The number of aromatic carboxylic acids is 1. The molecule has 2 aromatic rings. The van der Waals surface area contributed by atoms with E-state index >= 15 is 0 Å². The fourth-order valence-electron chi connectivity index (χ4n) is 1.50. The van der Waals surface area contributed by atoms with Crippen molar-refractivity contribution in [3.05, 3.63) is 57.8 Å². The van der Waals surface area contributed by atoms with Crippen LogP contribution in [0.4, 0.5) is 11.6 Å². The number of carbonyl (C=O) groups excluding carboxylic acids is 2. The number of carboxylic acid groups (broad SMARTS) is 1. The molecule has 0 aliphatic rings. The predicted molar refractivity (Wildman–Crippen MR) is 64.1 cm³/mol. The predicted octanol–water partition coefficient (Wildman–Crippen LogP) is 0.804. The molecule has 0 aliphatic carbocycles. The molecule has 8 heteroatoms. The number of nitrogens with zero attached hydrogens (tertiary/aromatic N) is 1. The molecule has 8 nitrogen and oxygen atoms in total. The lowest BCUT2D eigenvalue weighted by Gasteiger charge is -2.10. The van der Waals surface area contributed by atoms with E-state index in [0.717, 1.165) is 12.1 Å². The van der Waals surface area contributed by atoms with E-state index in [2.05, 4.69) is 5.32 Å². The summed E-state index contributed by atoms with van der Waals surface area (Å²) >= 11 is 0. The number of rotatable bonds is 4. The van der Waals surface area contributed by atoms with Gasteiger partial charge in [-0.25, -0.2) is 0 Å². The molecule has 0 radical (unpaired) electrons. The molecule has 20 heavy (non-hydrogen) atoms. The topological polar surface area (TPSA) is 126 Å². The number of benzene rings is 1. The van der Waals surface area contributed by atoms with E-state index in [1.807, 2.05) is 0 Å².